The quantitative estimate of drug-likeness (QED) is 0.181. The van der Waals surface area contributed by atoms with E-state index in [1.807, 2.05) is 54.6 Å². The molecule has 0 fully saturated rings. The normalized spacial score (nSPS) is 11.1. The lowest BCUT2D eigenvalue weighted by Gasteiger charge is -2.19. The van der Waals surface area contributed by atoms with Gasteiger partial charge < -0.3 is 9.13 Å². The fourth-order valence-electron chi connectivity index (χ4n) is 7.44. The van der Waals surface area contributed by atoms with Crippen LogP contribution in [0.5, 0.6) is 0 Å². The Labute approximate surface area is 288 Å². The van der Waals surface area contributed by atoms with Gasteiger partial charge in [0.25, 0.3) is 0 Å². The second kappa shape index (κ2) is 11.4. The highest BCUT2D eigenvalue weighted by atomic mass is 15.0. The third-order valence-electron chi connectivity index (χ3n) is 9.61. The van der Waals surface area contributed by atoms with Crippen LogP contribution in [0.25, 0.3) is 82.1 Å². The van der Waals surface area contributed by atoms with Crippen LogP contribution in [0.1, 0.15) is 11.1 Å². The SMILES string of the molecule is [C-]#[N+]c1cc(-n2c3ccccc3c3cc(C#N)ccc32)c(-c2ccccc2-c2cccc(-n3c4ccccc4c4ccccc43)c2)cc1C#N. The first kappa shape index (κ1) is 28.8. The van der Waals surface area contributed by atoms with Crippen LogP contribution in [0.2, 0.25) is 0 Å². The van der Waals surface area contributed by atoms with Crippen molar-refractivity contribution in [3.8, 4) is 45.8 Å². The molecule has 5 heteroatoms. The van der Waals surface area contributed by atoms with E-state index in [2.05, 4.69) is 123 Å². The third-order valence-corrected chi connectivity index (χ3v) is 9.61. The molecule has 0 atom stereocenters. The topological polar surface area (TPSA) is 61.8 Å². The Kier molecular flexibility index (Phi) is 6.56. The van der Waals surface area contributed by atoms with Crippen LogP contribution in [0.3, 0.4) is 0 Å². The Bertz CT molecular complexity index is 2920. The lowest BCUT2D eigenvalue weighted by atomic mass is 9.91. The largest absolute Gasteiger partial charge is 0.310 e. The minimum Gasteiger partial charge on any atom is -0.310 e. The summed E-state index contributed by atoms with van der Waals surface area (Å²) in [7, 11) is 0. The van der Waals surface area contributed by atoms with Crippen LogP contribution < -0.4 is 0 Å². The number of aromatic nitrogens is 2. The van der Waals surface area contributed by atoms with Gasteiger partial charge >= 0.3 is 0 Å². The van der Waals surface area contributed by atoms with E-state index in [0.29, 0.717) is 11.1 Å². The van der Waals surface area contributed by atoms with Gasteiger partial charge in [0.05, 0.1) is 51.9 Å². The summed E-state index contributed by atoms with van der Waals surface area (Å²) in [5, 5.41) is 24.3. The standard InChI is InChI=1S/C45H25N5/c1-48-40-26-45(50-43-20-9-6-17-37(43)38-23-29(27-46)21-22-44(38)50)39(25-31(40)28-47)34-14-3-2-13-33(34)30-11-10-12-32(24-30)49-41-18-7-4-15-35(41)36-16-5-8-19-42(36)49/h2-26H. The van der Waals surface area contributed by atoms with Gasteiger partial charge in [-0.05, 0) is 77.4 Å². The molecule has 0 N–H and O–H groups in total. The Morgan fingerprint density at radius 2 is 1.08 bits per heavy atom. The molecule has 0 amide bonds. The van der Waals surface area contributed by atoms with Crippen LogP contribution in [0.4, 0.5) is 5.69 Å². The second-order valence-corrected chi connectivity index (χ2v) is 12.3. The average molecular weight is 636 g/mol. The number of rotatable bonds is 4. The van der Waals surface area contributed by atoms with Gasteiger partial charge in [0.2, 0.25) is 5.69 Å². The maximum Gasteiger partial charge on any atom is 0.206 e. The molecule has 0 aliphatic rings. The lowest BCUT2D eigenvalue weighted by molar-refractivity contribution is 1.18. The summed E-state index contributed by atoms with van der Waals surface area (Å²) in [6.45, 7) is 7.97. The molecule has 7 aromatic carbocycles. The highest BCUT2D eigenvalue weighted by Crippen LogP contribution is 2.43. The van der Waals surface area contributed by atoms with Crippen molar-refractivity contribution in [2.75, 3.05) is 0 Å². The number of hydrogen-bond donors (Lipinski definition) is 0. The summed E-state index contributed by atoms with van der Waals surface area (Å²) in [4.78, 5) is 3.77. The maximum atomic E-state index is 10.2. The Morgan fingerprint density at radius 3 is 1.74 bits per heavy atom. The molecule has 0 radical (unpaired) electrons. The molecule has 9 aromatic rings. The van der Waals surface area contributed by atoms with Gasteiger partial charge in [0, 0.05) is 38.5 Å². The first-order valence-corrected chi connectivity index (χ1v) is 16.3. The zero-order valence-electron chi connectivity index (χ0n) is 26.7. The van der Waals surface area contributed by atoms with Gasteiger partial charge in [-0.15, -0.1) is 0 Å². The third kappa shape index (κ3) is 4.31. The molecule has 0 spiro atoms. The average Bonchev–Trinajstić information content (AvgIpc) is 3.70. The van der Waals surface area contributed by atoms with Gasteiger partial charge in [-0.3, -0.25) is 0 Å². The van der Waals surface area contributed by atoms with Gasteiger partial charge in [0.1, 0.15) is 0 Å². The monoisotopic (exact) mass is 635 g/mol. The zero-order valence-corrected chi connectivity index (χ0v) is 26.7. The summed E-state index contributed by atoms with van der Waals surface area (Å²) in [5.41, 5.74) is 11.0. The number of hydrogen-bond acceptors (Lipinski definition) is 2. The van der Waals surface area contributed by atoms with Gasteiger partial charge in [0.15, 0.2) is 0 Å². The first-order valence-electron chi connectivity index (χ1n) is 16.3. The Morgan fingerprint density at radius 1 is 0.480 bits per heavy atom. The van der Waals surface area contributed by atoms with Crippen molar-refractivity contribution in [2.24, 2.45) is 0 Å². The zero-order chi connectivity index (χ0) is 33.8. The summed E-state index contributed by atoms with van der Waals surface area (Å²) in [6, 6.07) is 55.9. The van der Waals surface area contributed by atoms with E-state index in [4.69, 9.17) is 6.57 Å². The summed E-state index contributed by atoms with van der Waals surface area (Å²) >= 11 is 0. The molecule has 0 unspecified atom stereocenters. The second-order valence-electron chi connectivity index (χ2n) is 12.3. The summed E-state index contributed by atoms with van der Waals surface area (Å²) in [5.74, 6) is 0. The maximum absolute atomic E-state index is 10.2. The van der Waals surface area contributed by atoms with Crippen molar-refractivity contribution >= 4 is 49.3 Å². The highest BCUT2D eigenvalue weighted by molar-refractivity contribution is 6.11. The van der Waals surface area contributed by atoms with Crippen molar-refractivity contribution < 1.29 is 0 Å². The molecule has 230 valence electrons. The van der Waals surface area contributed by atoms with E-state index in [1.165, 1.54) is 10.8 Å². The number of benzene rings is 7. The summed E-state index contributed by atoms with van der Waals surface area (Å²) < 4.78 is 4.47. The first-order chi connectivity index (χ1) is 24.7. The number of para-hydroxylation sites is 3. The molecule has 0 saturated heterocycles. The number of nitrogens with zero attached hydrogens (tertiary/aromatic N) is 5. The van der Waals surface area contributed by atoms with Crippen molar-refractivity contribution in [2.45, 2.75) is 0 Å². The van der Waals surface area contributed by atoms with E-state index >= 15 is 0 Å². The number of nitriles is 2. The minimum atomic E-state index is 0.289. The molecular weight excluding hydrogens is 611 g/mol. The molecule has 0 aliphatic heterocycles. The van der Waals surface area contributed by atoms with Gasteiger partial charge in [-0.25, -0.2) is 4.85 Å². The molecule has 0 aliphatic carbocycles. The molecule has 2 heterocycles. The smallest absolute Gasteiger partial charge is 0.206 e. The van der Waals surface area contributed by atoms with Crippen molar-refractivity contribution in [3.05, 3.63) is 174 Å². The van der Waals surface area contributed by atoms with E-state index in [9.17, 15) is 10.5 Å². The van der Waals surface area contributed by atoms with Crippen molar-refractivity contribution in [1.82, 2.24) is 9.13 Å². The predicted molar refractivity (Wildman–Crippen MR) is 202 cm³/mol. The predicted octanol–water partition coefficient (Wildman–Crippen LogP) is 11.5. The molecule has 2 aromatic heterocycles. The Hall–Kier alpha value is -7.39. The summed E-state index contributed by atoms with van der Waals surface area (Å²) in [6.07, 6.45) is 0. The molecule has 5 nitrogen and oxygen atoms in total. The van der Waals surface area contributed by atoms with Gasteiger partial charge in [-0.1, -0.05) is 91.0 Å². The van der Waals surface area contributed by atoms with E-state index in [-0.39, 0.29) is 5.69 Å². The lowest BCUT2D eigenvalue weighted by Crippen LogP contribution is -2.00. The van der Waals surface area contributed by atoms with Crippen LogP contribution in [-0.4, -0.2) is 9.13 Å². The molecule has 9 rings (SSSR count). The van der Waals surface area contributed by atoms with Crippen LogP contribution in [-0.2, 0) is 0 Å². The van der Waals surface area contributed by atoms with Crippen LogP contribution >= 0.6 is 0 Å². The number of fused-ring (bicyclic) bond motifs is 6. The molecular formula is C45H25N5. The van der Waals surface area contributed by atoms with Crippen LogP contribution in [0, 0.1) is 29.2 Å². The van der Waals surface area contributed by atoms with Gasteiger partial charge in [-0.2, -0.15) is 10.5 Å². The van der Waals surface area contributed by atoms with E-state index < -0.39 is 0 Å². The highest BCUT2D eigenvalue weighted by Gasteiger charge is 2.21. The Balaban J connectivity index is 1.31. The van der Waals surface area contributed by atoms with Crippen molar-refractivity contribution in [3.63, 3.8) is 0 Å². The molecule has 0 saturated carbocycles. The van der Waals surface area contributed by atoms with Crippen molar-refractivity contribution in [1.29, 1.82) is 10.5 Å². The molecule has 50 heavy (non-hydrogen) atoms. The van der Waals surface area contributed by atoms with E-state index in [0.717, 1.165) is 66.5 Å². The molecule has 0 bridgehead atoms. The van der Waals surface area contributed by atoms with Crippen LogP contribution in [0.15, 0.2) is 152 Å². The fourth-order valence-corrected chi connectivity index (χ4v) is 7.44. The minimum absolute atomic E-state index is 0.289. The van der Waals surface area contributed by atoms with E-state index in [1.54, 1.807) is 0 Å². The fraction of sp³-hybridized carbons (Fsp3) is 0.